The predicted molar refractivity (Wildman–Crippen MR) is 128 cm³/mol. The number of likely N-dealkylation sites (N-methyl/N-ethyl adjacent to an activating group) is 1. The fraction of sp³-hybridized carbons (Fsp3) is 0.407. The summed E-state index contributed by atoms with van der Waals surface area (Å²) in [7, 11) is 0. The van der Waals surface area contributed by atoms with E-state index in [1.807, 2.05) is 24.3 Å². The Morgan fingerprint density at radius 3 is 2.25 bits per heavy atom. The van der Waals surface area contributed by atoms with Gasteiger partial charge in [0.25, 0.3) is 5.91 Å². The fourth-order valence-electron chi connectivity index (χ4n) is 4.50. The van der Waals surface area contributed by atoms with Crippen molar-refractivity contribution in [1.82, 2.24) is 9.80 Å². The first kappa shape index (κ1) is 22.3. The second kappa shape index (κ2) is 8.55. The van der Waals surface area contributed by atoms with Gasteiger partial charge in [-0.15, -0.1) is 0 Å². The van der Waals surface area contributed by atoms with E-state index in [2.05, 4.69) is 51.7 Å². The average molecular weight is 433 g/mol. The van der Waals surface area contributed by atoms with E-state index in [9.17, 15) is 9.59 Å². The van der Waals surface area contributed by atoms with Crippen LogP contribution in [0.3, 0.4) is 0 Å². The number of hydrogen-bond acceptors (Lipinski definition) is 4. The van der Waals surface area contributed by atoms with Crippen LogP contribution in [0.2, 0.25) is 0 Å². The zero-order valence-electron chi connectivity index (χ0n) is 19.6. The maximum absolute atomic E-state index is 13.5. The quantitative estimate of drug-likeness (QED) is 0.551. The Balaban J connectivity index is 1.84. The van der Waals surface area contributed by atoms with Gasteiger partial charge in [0.2, 0.25) is 5.76 Å². The topological polar surface area (TPSA) is 53.8 Å². The Morgan fingerprint density at radius 1 is 0.969 bits per heavy atom. The van der Waals surface area contributed by atoms with E-state index in [0.29, 0.717) is 23.1 Å². The van der Waals surface area contributed by atoms with Crippen molar-refractivity contribution in [3.05, 3.63) is 81.2 Å². The third kappa shape index (κ3) is 3.86. The first-order valence-electron chi connectivity index (χ1n) is 11.5. The monoisotopic (exact) mass is 432 g/mol. The summed E-state index contributed by atoms with van der Waals surface area (Å²) in [5, 5.41) is 0.515. The molecule has 1 amide bonds. The standard InChI is InChI=1S/C27H32N2O3/c1-6-28(7-2)16-17-29-23(18-12-14-19(15-13-18)27(3,4)5)22-24(30)20-10-8-9-11-21(20)32-25(22)26(29)31/h8-15,23H,6-7,16-17H2,1-5H3/t23-/m1/s1. The molecule has 5 heteroatoms. The first-order valence-corrected chi connectivity index (χ1v) is 11.5. The highest BCUT2D eigenvalue weighted by molar-refractivity contribution is 5.99. The van der Waals surface area contributed by atoms with E-state index < -0.39 is 6.04 Å². The van der Waals surface area contributed by atoms with Crippen LogP contribution < -0.4 is 5.43 Å². The lowest BCUT2D eigenvalue weighted by Crippen LogP contribution is -2.37. The molecule has 1 aliphatic heterocycles. The van der Waals surface area contributed by atoms with Crippen molar-refractivity contribution in [3.8, 4) is 0 Å². The van der Waals surface area contributed by atoms with Crippen molar-refractivity contribution in [2.75, 3.05) is 26.2 Å². The van der Waals surface area contributed by atoms with Gasteiger partial charge < -0.3 is 14.2 Å². The molecule has 0 saturated heterocycles. The smallest absolute Gasteiger partial charge is 0.290 e. The van der Waals surface area contributed by atoms with Crippen LogP contribution in [-0.4, -0.2) is 41.9 Å². The van der Waals surface area contributed by atoms with Crippen LogP contribution in [0.4, 0.5) is 0 Å². The number of para-hydroxylation sites is 1. The highest BCUT2D eigenvalue weighted by Crippen LogP contribution is 2.38. The van der Waals surface area contributed by atoms with E-state index in [0.717, 1.165) is 25.2 Å². The zero-order chi connectivity index (χ0) is 23.0. The number of benzene rings is 2. The molecule has 1 aromatic heterocycles. The molecule has 5 nitrogen and oxygen atoms in total. The predicted octanol–water partition coefficient (Wildman–Crippen LogP) is 4.98. The molecule has 0 fully saturated rings. The Kier molecular flexibility index (Phi) is 5.95. The molecular weight excluding hydrogens is 400 g/mol. The second-order valence-corrected chi connectivity index (χ2v) is 9.47. The highest BCUT2D eigenvalue weighted by atomic mass is 16.3. The first-order chi connectivity index (χ1) is 15.3. The summed E-state index contributed by atoms with van der Waals surface area (Å²) in [6.45, 7) is 13.9. The third-order valence-electron chi connectivity index (χ3n) is 6.52. The number of rotatable bonds is 6. The van der Waals surface area contributed by atoms with E-state index >= 15 is 0 Å². The van der Waals surface area contributed by atoms with Crippen LogP contribution in [-0.2, 0) is 5.41 Å². The molecule has 2 aromatic carbocycles. The van der Waals surface area contributed by atoms with Crippen LogP contribution in [0.5, 0.6) is 0 Å². The minimum absolute atomic E-state index is 0.0274. The molecule has 0 aliphatic carbocycles. The number of hydrogen-bond donors (Lipinski definition) is 0. The van der Waals surface area contributed by atoms with Crippen LogP contribution in [0.15, 0.2) is 57.7 Å². The third-order valence-corrected chi connectivity index (χ3v) is 6.52. The SMILES string of the molecule is CCN(CC)CCN1C(=O)c2oc3ccccc3c(=O)c2[C@H]1c1ccc(C(C)(C)C)cc1. The van der Waals surface area contributed by atoms with Crippen LogP contribution in [0.25, 0.3) is 11.0 Å². The summed E-state index contributed by atoms with van der Waals surface area (Å²) in [6, 6.07) is 15.0. The molecule has 0 spiro atoms. The molecule has 1 aliphatic rings. The summed E-state index contributed by atoms with van der Waals surface area (Å²) in [5.41, 5.74) is 2.97. The minimum Gasteiger partial charge on any atom is -0.450 e. The molecule has 1 atom stereocenters. The molecule has 0 unspecified atom stereocenters. The molecule has 3 aromatic rings. The summed E-state index contributed by atoms with van der Waals surface area (Å²) >= 11 is 0. The van der Waals surface area contributed by atoms with Crippen molar-refractivity contribution >= 4 is 16.9 Å². The van der Waals surface area contributed by atoms with Gasteiger partial charge in [0.15, 0.2) is 5.43 Å². The summed E-state index contributed by atoms with van der Waals surface area (Å²) in [6.07, 6.45) is 0. The summed E-state index contributed by atoms with van der Waals surface area (Å²) < 4.78 is 6.01. The zero-order valence-corrected chi connectivity index (χ0v) is 19.6. The Hall–Kier alpha value is -2.92. The van der Waals surface area contributed by atoms with Gasteiger partial charge in [0.05, 0.1) is 17.0 Å². The van der Waals surface area contributed by atoms with Crippen LogP contribution >= 0.6 is 0 Å². The minimum atomic E-state index is -0.442. The lowest BCUT2D eigenvalue weighted by atomic mass is 9.86. The number of fused-ring (bicyclic) bond motifs is 2. The van der Waals surface area contributed by atoms with Crippen LogP contribution in [0.1, 0.15) is 67.9 Å². The average Bonchev–Trinajstić information content (AvgIpc) is 3.06. The van der Waals surface area contributed by atoms with Crippen molar-refractivity contribution in [2.45, 2.75) is 46.1 Å². The normalized spacial score (nSPS) is 16.2. The maximum atomic E-state index is 13.5. The van der Waals surface area contributed by atoms with Gasteiger partial charge in [0.1, 0.15) is 5.58 Å². The second-order valence-electron chi connectivity index (χ2n) is 9.47. The Labute approximate surface area is 189 Å². The van der Waals surface area contributed by atoms with Gasteiger partial charge in [-0.1, -0.05) is 71.0 Å². The highest BCUT2D eigenvalue weighted by Gasteiger charge is 2.42. The lowest BCUT2D eigenvalue weighted by molar-refractivity contribution is 0.0708. The lowest BCUT2D eigenvalue weighted by Gasteiger charge is -2.28. The van der Waals surface area contributed by atoms with E-state index in [1.165, 1.54) is 5.56 Å². The number of nitrogens with zero attached hydrogens (tertiary/aromatic N) is 2. The molecule has 2 heterocycles. The van der Waals surface area contributed by atoms with E-state index in [-0.39, 0.29) is 22.5 Å². The molecule has 0 N–H and O–H groups in total. The van der Waals surface area contributed by atoms with Gasteiger partial charge in [0, 0.05) is 13.1 Å². The van der Waals surface area contributed by atoms with Crippen molar-refractivity contribution in [1.29, 1.82) is 0 Å². The van der Waals surface area contributed by atoms with Gasteiger partial charge in [-0.05, 0) is 41.8 Å². The summed E-state index contributed by atoms with van der Waals surface area (Å²) in [5.74, 6) is -0.0296. The largest absolute Gasteiger partial charge is 0.450 e. The summed E-state index contributed by atoms with van der Waals surface area (Å²) in [4.78, 5) is 31.1. The Bertz CT molecular complexity index is 1180. The van der Waals surface area contributed by atoms with Crippen molar-refractivity contribution < 1.29 is 9.21 Å². The Morgan fingerprint density at radius 2 is 1.62 bits per heavy atom. The fourth-order valence-corrected chi connectivity index (χ4v) is 4.50. The van der Waals surface area contributed by atoms with Gasteiger partial charge in [-0.2, -0.15) is 0 Å². The molecule has 168 valence electrons. The van der Waals surface area contributed by atoms with Crippen molar-refractivity contribution in [3.63, 3.8) is 0 Å². The maximum Gasteiger partial charge on any atom is 0.290 e. The molecule has 0 saturated carbocycles. The van der Waals surface area contributed by atoms with E-state index in [1.54, 1.807) is 17.0 Å². The van der Waals surface area contributed by atoms with Gasteiger partial charge in [-0.3, -0.25) is 9.59 Å². The molecule has 32 heavy (non-hydrogen) atoms. The van der Waals surface area contributed by atoms with Crippen molar-refractivity contribution in [2.24, 2.45) is 0 Å². The number of amides is 1. The van der Waals surface area contributed by atoms with Gasteiger partial charge in [-0.25, -0.2) is 0 Å². The van der Waals surface area contributed by atoms with Crippen LogP contribution in [0, 0.1) is 0 Å². The van der Waals surface area contributed by atoms with E-state index in [4.69, 9.17) is 4.42 Å². The molecule has 0 bridgehead atoms. The molecule has 4 rings (SSSR count). The number of carbonyl (C=O) groups is 1. The molecule has 0 radical (unpaired) electrons. The van der Waals surface area contributed by atoms with Gasteiger partial charge >= 0.3 is 0 Å². The number of carbonyl (C=O) groups excluding carboxylic acids is 1. The molecular formula is C27H32N2O3.